The second kappa shape index (κ2) is 3.83. The first-order chi connectivity index (χ1) is 5.25. The molecule has 1 heterocycles. The number of hydrogen-bond acceptors (Lipinski definition) is 2. The first-order valence-corrected chi connectivity index (χ1v) is 4.00. The van der Waals surface area contributed by atoms with Crippen molar-refractivity contribution in [2.45, 2.75) is 19.1 Å². The van der Waals surface area contributed by atoms with Crippen LogP contribution in [0.25, 0.3) is 0 Å². The van der Waals surface area contributed by atoms with Gasteiger partial charge in [0, 0.05) is 12.5 Å². The maximum absolute atomic E-state index is 13.3. The van der Waals surface area contributed by atoms with E-state index in [2.05, 4.69) is 5.32 Å². The molecule has 0 aliphatic carbocycles. The maximum Gasteiger partial charge on any atom is 0.123 e. The molecule has 3 heteroatoms. The van der Waals surface area contributed by atoms with Crippen molar-refractivity contribution < 1.29 is 4.39 Å². The highest BCUT2D eigenvalue weighted by atomic mass is 19.1. The molecule has 0 aromatic carbocycles. The topological polar surface area (TPSA) is 38.0 Å². The average molecular weight is 158 g/mol. The van der Waals surface area contributed by atoms with Crippen molar-refractivity contribution in [3.8, 4) is 0 Å². The highest BCUT2D eigenvalue weighted by Crippen LogP contribution is 2.13. The van der Waals surface area contributed by atoms with Crippen molar-refractivity contribution in [3.63, 3.8) is 0 Å². The molecule has 3 unspecified atom stereocenters. The number of alkyl halides is 1. The van der Waals surface area contributed by atoms with Gasteiger partial charge in [-0.05, 0) is 6.54 Å². The Labute approximate surface area is 66.7 Å². The molecule has 0 bridgehead atoms. The first-order valence-electron chi connectivity index (χ1n) is 4.00. The van der Waals surface area contributed by atoms with Gasteiger partial charge < -0.3 is 11.1 Å². The van der Waals surface area contributed by atoms with Crippen LogP contribution in [-0.4, -0.2) is 25.3 Å². The molecule has 0 fully saturated rings. The highest BCUT2D eigenvalue weighted by molar-refractivity contribution is 5.05. The molecule has 2 nitrogen and oxygen atoms in total. The van der Waals surface area contributed by atoms with Crippen LogP contribution in [0, 0.1) is 5.92 Å². The lowest BCUT2D eigenvalue weighted by Crippen LogP contribution is -2.38. The average Bonchev–Trinajstić information content (AvgIpc) is 2.53. The van der Waals surface area contributed by atoms with Gasteiger partial charge >= 0.3 is 0 Å². The number of nitrogens with two attached hydrogens (primary N) is 1. The van der Waals surface area contributed by atoms with E-state index < -0.39 is 6.17 Å². The maximum atomic E-state index is 13.3. The van der Waals surface area contributed by atoms with Crippen molar-refractivity contribution in [2.75, 3.05) is 13.1 Å². The van der Waals surface area contributed by atoms with E-state index in [9.17, 15) is 4.39 Å². The summed E-state index contributed by atoms with van der Waals surface area (Å²) in [4.78, 5) is 0. The molecule has 3 N–H and O–H groups in total. The van der Waals surface area contributed by atoms with Gasteiger partial charge in [0.15, 0.2) is 0 Å². The van der Waals surface area contributed by atoms with Crippen molar-refractivity contribution >= 4 is 0 Å². The lowest BCUT2D eigenvalue weighted by Gasteiger charge is -2.19. The van der Waals surface area contributed by atoms with E-state index in [1.165, 1.54) is 0 Å². The summed E-state index contributed by atoms with van der Waals surface area (Å²) in [5.74, 6) is -0.0600. The Morgan fingerprint density at radius 3 is 3.00 bits per heavy atom. The second-order valence-electron chi connectivity index (χ2n) is 3.02. The van der Waals surface area contributed by atoms with Gasteiger partial charge in [0.25, 0.3) is 0 Å². The Balaban J connectivity index is 2.39. The summed E-state index contributed by atoms with van der Waals surface area (Å²) in [6, 6.07) is -0.117. The van der Waals surface area contributed by atoms with Gasteiger partial charge in [0.2, 0.25) is 0 Å². The molecule has 0 saturated carbocycles. The molecule has 1 aliphatic heterocycles. The summed E-state index contributed by atoms with van der Waals surface area (Å²) in [6.45, 7) is 3.02. The summed E-state index contributed by atoms with van der Waals surface area (Å²) < 4.78 is 13.3. The fourth-order valence-electron chi connectivity index (χ4n) is 1.19. The van der Waals surface area contributed by atoms with Gasteiger partial charge in [-0.1, -0.05) is 19.1 Å². The zero-order valence-corrected chi connectivity index (χ0v) is 6.76. The van der Waals surface area contributed by atoms with Crippen molar-refractivity contribution in [1.82, 2.24) is 5.32 Å². The summed E-state index contributed by atoms with van der Waals surface area (Å²) in [5, 5.41) is 3.03. The third-order valence-electron chi connectivity index (χ3n) is 2.07. The van der Waals surface area contributed by atoms with Crippen LogP contribution in [0.15, 0.2) is 12.2 Å². The Morgan fingerprint density at radius 2 is 2.55 bits per heavy atom. The number of hydrogen-bond donors (Lipinski definition) is 2. The van der Waals surface area contributed by atoms with Crippen molar-refractivity contribution in [1.29, 1.82) is 0 Å². The molecule has 0 amide bonds. The quantitative estimate of drug-likeness (QED) is 0.585. The molecule has 0 radical (unpaired) electrons. The summed E-state index contributed by atoms with van der Waals surface area (Å²) in [5.41, 5.74) is 5.35. The first kappa shape index (κ1) is 8.68. The summed E-state index contributed by atoms with van der Waals surface area (Å²) in [6.07, 6.45) is 2.97. The molecule has 0 aromatic heterocycles. The van der Waals surface area contributed by atoms with E-state index in [1.807, 2.05) is 19.1 Å². The van der Waals surface area contributed by atoms with E-state index in [-0.39, 0.29) is 12.0 Å². The molecule has 3 atom stereocenters. The van der Waals surface area contributed by atoms with Gasteiger partial charge in [-0.25, -0.2) is 4.39 Å². The minimum absolute atomic E-state index is 0.0600. The zero-order chi connectivity index (χ0) is 8.27. The standard InChI is InChI=1S/C8H15FN2/c1-6(5-10)8(9)7-3-2-4-11-7/h2-3,6-8,11H,4-5,10H2,1H3. The van der Waals surface area contributed by atoms with Crippen molar-refractivity contribution in [2.24, 2.45) is 11.7 Å². The van der Waals surface area contributed by atoms with Crippen molar-refractivity contribution in [3.05, 3.63) is 12.2 Å². The molecule has 0 aromatic rings. The number of halogens is 1. The summed E-state index contributed by atoms with van der Waals surface area (Å²) in [7, 11) is 0. The normalized spacial score (nSPS) is 28.8. The van der Waals surface area contributed by atoms with Gasteiger partial charge in [0.1, 0.15) is 6.17 Å². The van der Waals surface area contributed by atoms with Gasteiger partial charge in [-0.15, -0.1) is 0 Å². The van der Waals surface area contributed by atoms with Crippen LogP contribution in [0.1, 0.15) is 6.92 Å². The SMILES string of the molecule is CC(CN)C(F)C1C=CCN1. The lowest BCUT2D eigenvalue weighted by atomic mass is 10.0. The smallest absolute Gasteiger partial charge is 0.123 e. The molecule has 0 saturated heterocycles. The van der Waals surface area contributed by atoms with E-state index in [0.717, 1.165) is 6.54 Å². The van der Waals surface area contributed by atoms with Gasteiger partial charge in [0.05, 0.1) is 6.04 Å². The fourth-order valence-corrected chi connectivity index (χ4v) is 1.19. The Morgan fingerprint density at radius 1 is 1.82 bits per heavy atom. The van der Waals surface area contributed by atoms with Crippen LogP contribution in [0.2, 0.25) is 0 Å². The Bertz CT molecular complexity index is 147. The molecular formula is C8H15FN2. The molecule has 0 spiro atoms. The monoisotopic (exact) mass is 158 g/mol. The van der Waals surface area contributed by atoms with Crippen LogP contribution in [-0.2, 0) is 0 Å². The highest BCUT2D eigenvalue weighted by Gasteiger charge is 2.24. The second-order valence-corrected chi connectivity index (χ2v) is 3.02. The van der Waals surface area contributed by atoms with E-state index in [1.54, 1.807) is 0 Å². The van der Waals surface area contributed by atoms with Crippen LogP contribution in [0.5, 0.6) is 0 Å². The van der Waals surface area contributed by atoms with Gasteiger partial charge in [-0.3, -0.25) is 0 Å². The van der Waals surface area contributed by atoms with E-state index in [0.29, 0.717) is 6.54 Å². The Hall–Kier alpha value is -0.410. The van der Waals surface area contributed by atoms with E-state index >= 15 is 0 Å². The fraction of sp³-hybridized carbons (Fsp3) is 0.750. The molecule has 11 heavy (non-hydrogen) atoms. The predicted octanol–water partition coefficient (Wildman–Crippen LogP) is 0.447. The number of rotatable bonds is 3. The van der Waals surface area contributed by atoms with Crippen LogP contribution in [0.3, 0.4) is 0 Å². The molecule has 1 aliphatic rings. The molecule has 64 valence electrons. The molecule has 1 rings (SSSR count). The number of nitrogens with one attached hydrogen (secondary N) is 1. The Kier molecular flexibility index (Phi) is 3.02. The third kappa shape index (κ3) is 2.01. The predicted molar refractivity (Wildman–Crippen MR) is 44.0 cm³/mol. The minimum atomic E-state index is -0.848. The lowest BCUT2D eigenvalue weighted by molar-refractivity contribution is 0.213. The van der Waals surface area contributed by atoms with Crippen LogP contribution < -0.4 is 11.1 Å². The minimum Gasteiger partial charge on any atom is -0.330 e. The summed E-state index contributed by atoms with van der Waals surface area (Å²) >= 11 is 0. The molecular weight excluding hydrogens is 143 g/mol. The van der Waals surface area contributed by atoms with Crippen LogP contribution in [0.4, 0.5) is 4.39 Å². The van der Waals surface area contributed by atoms with E-state index in [4.69, 9.17) is 5.73 Å². The third-order valence-corrected chi connectivity index (χ3v) is 2.07. The van der Waals surface area contributed by atoms with Crippen LogP contribution >= 0.6 is 0 Å². The zero-order valence-electron chi connectivity index (χ0n) is 6.76. The van der Waals surface area contributed by atoms with Gasteiger partial charge in [-0.2, -0.15) is 0 Å². The largest absolute Gasteiger partial charge is 0.330 e.